The van der Waals surface area contributed by atoms with Crippen LogP contribution in [0.3, 0.4) is 0 Å². The third-order valence-corrected chi connectivity index (χ3v) is 4.44. The number of hydrogen-bond donors (Lipinski definition) is 0. The molecule has 1 saturated heterocycles. The molecule has 1 heterocycles. The molecule has 2 rings (SSSR count). The second kappa shape index (κ2) is 7.88. The lowest BCUT2D eigenvalue weighted by atomic mass is 9.95. The van der Waals surface area contributed by atoms with Gasteiger partial charge < -0.3 is 0 Å². The zero-order chi connectivity index (χ0) is 15.2. The van der Waals surface area contributed by atoms with Crippen molar-refractivity contribution in [1.29, 1.82) is 0 Å². The van der Waals surface area contributed by atoms with Crippen molar-refractivity contribution in [3.63, 3.8) is 0 Å². The standard InChI is InChI=1S/C18H27F2N/c1-14(2)6-5-8-16-7-3-4-11-21(16)13-15-9-10-17(19)18(20)12-15/h9-10,12,14,16H,3-8,11,13H2,1-2H3. The van der Waals surface area contributed by atoms with Gasteiger partial charge in [-0.1, -0.05) is 39.2 Å². The van der Waals surface area contributed by atoms with Crippen LogP contribution in [-0.2, 0) is 6.54 Å². The van der Waals surface area contributed by atoms with Crippen LogP contribution in [0.25, 0.3) is 0 Å². The van der Waals surface area contributed by atoms with Crippen molar-refractivity contribution >= 4 is 0 Å². The summed E-state index contributed by atoms with van der Waals surface area (Å²) in [6.07, 6.45) is 7.50. The molecule has 21 heavy (non-hydrogen) atoms. The summed E-state index contributed by atoms with van der Waals surface area (Å²) in [7, 11) is 0. The molecule has 0 radical (unpaired) electrons. The Hall–Kier alpha value is -0.960. The van der Waals surface area contributed by atoms with Crippen molar-refractivity contribution < 1.29 is 8.78 Å². The van der Waals surface area contributed by atoms with Crippen LogP contribution in [0.5, 0.6) is 0 Å². The predicted octanol–water partition coefficient (Wildman–Crippen LogP) is 5.15. The van der Waals surface area contributed by atoms with Gasteiger partial charge in [-0.25, -0.2) is 8.78 Å². The van der Waals surface area contributed by atoms with Crippen LogP contribution in [-0.4, -0.2) is 17.5 Å². The van der Waals surface area contributed by atoms with E-state index >= 15 is 0 Å². The molecule has 0 saturated carbocycles. The fourth-order valence-electron chi connectivity index (χ4n) is 3.23. The smallest absolute Gasteiger partial charge is 0.159 e. The molecule has 1 nitrogen and oxygen atoms in total. The molecular weight excluding hydrogens is 268 g/mol. The highest BCUT2D eigenvalue weighted by molar-refractivity contribution is 5.17. The highest BCUT2D eigenvalue weighted by Gasteiger charge is 2.22. The topological polar surface area (TPSA) is 3.24 Å². The molecule has 1 fully saturated rings. The van der Waals surface area contributed by atoms with Crippen LogP contribution in [0.15, 0.2) is 18.2 Å². The van der Waals surface area contributed by atoms with Crippen LogP contribution in [0.1, 0.15) is 57.9 Å². The van der Waals surface area contributed by atoms with Crippen molar-refractivity contribution in [3.8, 4) is 0 Å². The zero-order valence-electron chi connectivity index (χ0n) is 13.2. The maximum Gasteiger partial charge on any atom is 0.159 e. The highest BCUT2D eigenvalue weighted by atomic mass is 19.2. The van der Waals surface area contributed by atoms with E-state index in [0.717, 1.165) is 24.6 Å². The summed E-state index contributed by atoms with van der Waals surface area (Å²) in [6, 6.07) is 4.89. The van der Waals surface area contributed by atoms with Gasteiger partial charge in [-0.15, -0.1) is 0 Å². The molecule has 1 aromatic carbocycles. The van der Waals surface area contributed by atoms with Crippen LogP contribution in [0.4, 0.5) is 8.78 Å². The first-order chi connectivity index (χ1) is 10.1. The largest absolute Gasteiger partial charge is 0.296 e. The van der Waals surface area contributed by atoms with Gasteiger partial charge in [0.25, 0.3) is 0 Å². The summed E-state index contributed by atoms with van der Waals surface area (Å²) in [5, 5.41) is 0. The average molecular weight is 295 g/mol. The van der Waals surface area contributed by atoms with Gasteiger partial charge in [0.1, 0.15) is 0 Å². The van der Waals surface area contributed by atoms with Crippen molar-refractivity contribution in [2.24, 2.45) is 5.92 Å². The van der Waals surface area contributed by atoms with Gasteiger partial charge >= 0.3 is 0 Å². The molecule has 0 bridgehead atoms. The van der Waals surface area contributed by atoms with Crippen molar-refractivity contribution in [1.82, 2.24) is 4.90 Å². The van der Waals surface area contributed by atoms with E-state index < -0.39 is 11.6 Å². The van der Waals surface area contributed by atoms with E-state index in [0.29, 0.717) is 6.04 Å². The third-order valence-electron chi connectivity index (χ3n) is 4.44. The number of piperidine rings is 1. The maximum atomic E-state index is 13.3. The van der Waals surface area contributed by atoms with Gasteiger partial charge in [0.05, 0.1) is 0 Å². The second-order valence-electron chi connectivity index (χ2n) is 6.69. The first-order valence-corrected chi connectivity index (χ1v) is 8.24. The Bertz CT molecular complexity index is 445. The van der Waals surface area contributed by atoms with E-state index in [1.807, 2.05) is 0 Å². The Labute approximate surface area is 127 Å². The lowest BCUT2D eigenvalue weighted by Crippen LogP contribution is -2.38. The molecule has 1 aliphatic rings. The summed E-state index contributed by atoms with van der Waals surface area (Å²) in [5.74, 6) is -0.736. The van der Waals surface area contributed by atoms with Gasteiger partial charge in [0, 0.05) is 12.6 Å². The van der Waals surface area contributed by atoms with E-state index in [-0.39, 0.29) is 0 Å². The lowest BCUT2D eigenvalue weighted by molar-refractivity contribution is 0.129. The molecule has 1 aliphatic heterocycles. The van der Waals surface area contributed by atoms with E-state index in [4.69, 9.17) is 0 Å². The number of likely N-dealkylation sites (tertiary alicyclic amines) is 1. The summed E-state index contributed by atoms with van der Waals surface area (Å²) < 4.78 is 26.3. The van der Waals surface area contributed by atoms with Gasteiger partial charge in [-0.05, 0) is 49.4 Å². The second-order valence-corrected chi connectivity index (χ2v) is 6.69. The summed E-state index contributed by atoms with van der Waals surface area (Å²) in [6.45, 7) is 6.34. The van der Waals surface area contributed by atoms with E-state index in [2.05, 4.69) is 18.7 Å². The molecular formula is C18H27F2N. The fourth-order valence-corrected chi connectivity index (χ4v) is 3.23. The van der Waals surface area contributed by atoms with Gasteiger partial charge in [0.15, 0.2) is 11.6 Å². The monoisotopic (exact) mass is 295 g/mol. The Morgan fingerprint density at radius 2 is 2.00 bits per heavy atom. The van der Waals surface area contributed by atoms with Crippen molar-refractivity contribution in [2.45, 2.75) is 65.0 Å². The number of nitrogens with zero attached hydrogens (tertiary/aromatic N) is 1. The predicted molar refractivity (Wildman–Crippen MR) is 83.1 cm³/mol. The fraction of sp³-hybridized carbons (Fsp3) is 0.667. The highest BCUT2D eigenvalue weighted by Crippen LogP contribution is 2.24. The molecule has 1 atom stereocenters. The third kappa shape index (κ3) is 5.06. The minimum atomic E-state index is -0.758. The summed E-state index contributed by atoms with van der Waals surface area (Å²) >= 11 is 0. The number of halogens is 2. The number of benzene rings is 1. The molecule has 0 aliphatic carbocycles. The van der Waals surface area contributed by atoms with Gasteiger partial charge in [-0.2, -0.15) is 0 Å². The summed E-state index contributed by atoms with van der Waals surface area (Å²) in [4.78, 5) is 2.45. The number of rotatable bonds is 6. The molecule has 0 amide bonds. The van der Waals surface area contributed by atoms with Gasteiger partial charge in [0.2, 0.25) is 0 Å². The minimum absolute atomic E-state index is 0.602. The first-order valence-electron chi connectivity index (χ1n) is 8.24. The molecule has 3 heteroatoms. The van der Waals surface area contributed by atoms with E-state index in [9.17, 15) is 8.78 Å². The Kier molecular flexibility index (Phi) is 6.16. The minimum Gasteiger partial charge on any atom is -0.296 e. The Morgan fingerprint density at radius 1 is 1.19 bits per heavy atom. The molecule has 0 N–H and O–H groups in total. The van der Waals surface area contributed by atoms with Crippen molar-refractivity contribution in [2.75, 3.05) is 6.54 Å². The van der Waals surface area contributed by atoms with Crippen molar-refractivity contribution in [3.05, 3.63) is 35.4 Å². The van der Waals surface area contributed by atoms with E-state index in [1.54, 1.807) is 6.07 Å². The molecule has 0 aromatic heterocycles. The molecule has 118 valence electrons. The lowest BCUT2D eigenvalue weighted by Gasteiger charge is -2.36. The molecule has 1 unspecified atom stereocenters. The first kappa shape index (κ1) is 16.4. The Balaban J connectivity index is 1.93. The summed E-state index contributed by atoms with van der Waals surface area (Å²) in [5.41, 5.74) is 0.879. The maximum absolute atomic E-state index is 13.3. The van der Waals surface area contributed by atoms with Gasteiger partial charge in [-0.3, -0.25) is 4.90 Å². The molecule has 0 spiro atoms. The quantitative estimate of drug-likeness (QED) is 0.702. The number of hydrogen-bond acceptors (Lipinski definition) is 1. The SMILES string of the molecule is CC(C)CCCC1CCCCN1Cc1ccc(F)c(F)c1. The average Bonchev–Trinajstić information content (AvgIpc) is 2.44. The van der Waals surface area contributed by atoms with Crippen LogP contribution in [0, 0.1) is 17.6 Å². The van der Waals surface area contributed by atoms with E-state index in [1.165, 1.54) is 50.7 Å². The molecule has 1 aromatic rings. The zero-order valence-corrected chi connectivity index (χ0v) is 13.2. The van der Waals surface area contributed by atoms with Crippen LogP contribution < -0.4 is 0 Å². The van der Waals surface area contributed by atoms with Crippen LogP contribution in [0.2, 0.25) is 0 Å². The normalized spacial score (nSPS) is 20.1. The Morgan fingerprint density at radius 3 is 2.71 bits per heavy atom. The van der Waals surface area contributed by atoms with Crippen LogP contribution >= 0.6 is 0 Å².